The van der Waals surface area contributed by atoms with Crippen LogP contribution in [0.2, 0.25) is 0 Å². The molecule has 2 aromatic rings. The summed E-state index contributed by atoms with van der Waals surface area (Å²) in [6, 6.07) is 13.8. The lowest BCUT2D eigenvalue weighted by atomic mass is 10.1. The van der Waals surface area contributed by atoms with Crippen molar-refractivity contribution >= 4 is 27.3 Å². The topological polar surface area (TPSA) is 57.7 Å². The number of nitrogens with zero attached hydrogens (tertiary/aromatic N) is 2. The quantitative estimate of drug-likeness (QED) is 0.842. The molecule has 0 saturated carbocycles. The minimum absolute atomic E-state index is 0.0945. The fourth-order valence-electron chi connectivity index (χ4n) is 3.21. The molecule has 5 nitrogen and oxygen atoms in total. The molecule has 2 aromatic carbocycles. The van der Waals surface area contributed by atoms with Crippen LogP contribution in [-0.2, 0) is 14.8 Å². The Morgan fingerprint density at radius 3 is 2.25 bits per heavy atom. The Balaban J connectivity index is 2.17. The highest BCUT2D eigenvalue weighted by molar-refractivity contribution is 7.93. The number of aryl methyl sites for hydroxylation is 1. The fraction of sp³-hybridized carbons (Fsp3) is 0.278. The van der Waals surface area contributed by atoms with Gasteiger partial charge >= 0.3 is 0 Å². The standard InChI is InChI=1S/C18H20N2O3S/c1-13-8-4-7-11-18(13)24(22,23)19-12-14(2)20(15(3)21)17-10-6-5-9-16(17)19/h4-11,14H,12H2,1-3H3. The maximum atomic E-state index is 13.2. The molecule has 0 aromatic heterocycles. The number of sulfonamides is 1. The SMILES string of the molecule is CC(=O)N1c2ccccc2N(S(=O)(=O)c2ccccc2C)CC1C. The number of para-hydroxylation sites is 2. The Kier molecular flexibility index (Phi) is 4.09. The molecule has 24 heavy (non-hydrogen) atoms. The van der Waals surface area contributed by atoms with E-state index in [1.165, 1.54) is 11.2 Å². The van der Waals surface area contributed by atoms with E-state index < -0.39 is 10.0 Å². The van der Waals surface area contributed by atoms with Crippen molar-refractivity contribution in [2.24, 2.45) is 0 Å². The molecule has 0 spiro atoms. The number of rotatable bonds is 2. The van der Waals surface area contributed by atoms with Crippen molar-refractivity contribution in [3.63, 3.8) is 0 Å². The Hall–Kier alpha value is -2.34. The third-order valence-electron chi connectivity index (χ3n) is 4.28. The Labute approximate surface area is 142 Å². The molecular weight excluding hydrogens is 324 g/mol. The van der Waals surface area contributed by atoms with E-state index in [1.807, 2.05) is 19.1 Å². The summed E-state index contributed by atoms with van der Waals surface area (Å²) in [4.78, 5) is 14.0. The van der Waals surface area contributed by atoms with E-state index in [0.29, 0.717) is 21.8 Å². The van der Waals surface area contributed by atoms with Crippen molar-refractivity contribution in [1.82, 2.24) is 0 Å². The molecular formula is C18H20N2O3S. The molecule has 1 unspecified atom stereocenters. The Morgan fingerprint density at radius 2 is 1.62 bits per heavy atom. The van der Waals surface area contributed by atoms with Crippen molar-refractivity contribution in [2.75, 3.05) is 15.7 Å². The van der Waals surface area contributed by atoms with E-state index in [0.717, 1.165) is 0 Å². The van der Waals surface area contributed by atoms with E-state index in [2.05, 4.69) is 0 Å². The highest BCUT2D eigenvalue weighted by atomic mass is 32.2. The summed E-state index contributed by atoms with van der Waals surface area (Å²) in [7, 11) is -3.69. The smallest absolute Gasteiger partial charge is 0.264 e. The van der Waals surface area contributed by atoms with Gasteiger partial charge in [-0.25, -0.2) is 8.42 Å². The van der Waals surface area contributed by atoms with E-state index in [-0.39, 0.29) is 18.5 Å². The van der Waals surface area contributed by atoms with Gasteiger partial charge in [-0.1, -0.05) is 30.3 Å². The first-order valence-electron chi connectivity index (χ1n) is 7.81. The van der Waals surface area contributed by atoms with Crippen LogP contribution in [0.3, 0.4) is 0 Å². The van der Waals surface area contributed by atoms with Crippen LogP contribution in [-0.4, -0.2) is 26.9 Å². The predicted octanol–water partition coefficient (Wildman–Crippen LogP) is 2.95. The molecule has 1 aliphatic rings. The number of benzene rings is 2. The van der Waals surface area contributed by atoms with Crippen molar-refractivity contribution < 1.29 is 13.2 Å². The van der Waals surface area contributed by atoms with E-state index in [4.69, 9.17) is 0 Å². The van der Waals surface area contributed by atoms with Crippen LogP contribution in [0.4, 0.5) is 11.4 Å². The van der Waals surface area contributed by atoms with Crippen molar-refractivity contribution in [1.29, 1.82) is 0 Å². The predicted molar refractivity (Wildman–Crippen MR) is 94.8 cm³/mol. The summed E-state index contributed by atoms with van der Waals surface area (Å²) < 4.78 is 27.8. The number of carbonyl (C=O) groups excluding carboxylic acids is 1. The lowest BCUT2D eigenvalue weighted by Crippen LogP contribution is -2.51. The molecule has 0 radical (unpaired) electrons. The van der Waals surface area contributed by atoms with Gasteiger partial charge in [-0.3, -0.25) is 9.10 Å². The summed E-state index contributed by atoms with van der Waals surface area (Å²) in [5, 5.41) is 0. The second-order valence-corrected chi connectivity index (χ2v) is 7.86. The maximum Gasteiger partial charge on any atom is 0.264 e. The Bertz CT molecular complexity index is 893. The van der Waals surface area contributed by atoms with Crippen LogP contribution in [0.1, 0.15) is 19.4 Å². The molecule has 1 amide bonds. The van der Waals surface area contributed by atoms with Gasteiger partial charge in [0.2, 0.25) is 5.91 Å². The number of fused-ring (bicyclic) bond motifs is 1. The molecule has 0 bridgehead atoms. The van der Waals surface area contributed by atoms with Crippen molar-refractivity contribution in [3.05, 3.63) is 54.1 Å². The van der Waals surface area contributed by atoms with E-state index in [1.54, 1.807) is 48.2 Å². The van der Waals surface area contributed by atoms with E-state index >= 15 is 0 Å². The molecule has 3 rings (SSSR count). The van der Waals surface area contributed by atoms with Gasteiger partial charge in [0.05, 0.1) is 28.9 Å². The third-order valence-corrected chi connectivity index (χ3v) is 6.22. The van der Waals surface area contributed by atoms with Crippen LogP contribution in [0.25, 0.3) is 0 Å². The average Bonchev–Trinajstić information content (AvgIpc) is 2.53. The molecule has 6 heteroatoms. The minimum atomic E-state index is -3.69. The normalized spacial score (nSPS) is 17.5. The Morgan fingerprint density at radius 1 is 1.04 bits per heavy atom. The lowest BCUT2D eigenvalue weighted by Gasteiger charge is -2.41. The van der Waals surface area contributed by atoms with Gasteiger partial charge in [0.15, 0.2) is 0 Å². The van der Waals surface area contributed by atoms with E-state index in [9.17, 15) is 13.2 Å². The molecule has 1 aliphatic heterocycles. The summed E-state index contributed by atoms with van der Waals surface area (Å²) >= 11 is 0. The highest BCUT2D eigenvalue weighted by Gasteiger charge is 2.37. The summed E-state index contributed by atoms with van der Waals surface area (Å²) in [6.45, 7) is 5.37. The van der Waals surface area contributed by atoms with Gasteiger partial charge in [-0.2, -0.15) is 0 Å². The molecule has 0 saturated heterocycles. The maximum absolute atomic E-state index is 13.2. The molecule has 1 atom stereocenters. The lowest BCUT2D eigenvalue weighted by molar-refractivity contribution is -0.117. The largest absolute Gasteiger partial charge is 0.306 e. The number of anilines is 2. The number of amides is 1. The van der Waals surface area contributed by atoms with Gasteiger partial charge in [-0.05, 0) is 37.6 Å². The second kappa shape index (κ2) is 5.94. The summed E-state index contributed by atoms with van der Waals surface area (Å²) in [5.74, 6) is -0.0945. The van der Waals surface area contributed by atoms with Crippen LogP contribution in [0, 0.1) is 6.92 Å². The van der Waals surface area contributed by atoms with Crippen LogP contribution >= 0.6 is 0 Å². The van der Waals surface area contributed by atoms with Gasteiger partial charge < -0.3 is 4.90 Å². The second-order valence-electron chi connectivity index (χ2n) is 6.03. The molecule has 0 fully saturated rings. The molecule has 126 valence electrons. The molecule has 0 aliphatic carbocycles. The highest BCUT2D eigenvalue weighted by Crippen LogP contribution is 2.38. The molecule has 1 heterocycles. The number of carbonyl (C=O) groups is 1. The van der Waals surface area contributed by atoms with Crippen LogP contribution in [0.15, 0.2) is 53.4 Å². The van der Waals surface area contributed by atoms with Crippen molar-refractivity contribution in [3.8, 4) is 0 Å². The first-order chi connectivity index (χ1) is 11.3. The van der Waals surface area contributed by atoms with Gasteiger partial charge in [0, 0.05) is 6.92 Å². The zero-order chi connectivity index (χ0) is 17.5. The van der Waals surface area contributed by atoms with Gasteiger partial charge in [-0.15, -0.1) is 0 Å². The van der Waals surface area contributed by atoms with Gasteiger partial charge in [0.1, 0.15) is 0 Å². The first kappa shape index (κ1) is 16.5. The third kappa shape index (κ3) is 2.57. The van der Waals surface area contributed by atoms with Crippen molar-refractivity contribution in [2.45, 2.75) is 31.7 Å². The van der Waals surface area contributed by atoms with Gasteiger partial charge in [0.25, 0.3) is 10.0 Å². The fourth-order valence-corrected chi connectivity index (χ4v) is 5.00. The average molecular weight is 344 g/mol. The summed E-state index contributed by atoms with van der Waals surface area (Å²) in [6.07, 6.45) is 0. The zero-order valence-electron chi connectivity index (χ0n) is 13.9. The number of hydrogen-bond acceptors (Lipinski definition) is 3. The molecule has 0 N–H and O–H groups in total. The monoisotopic (exact) mass is 344 g/mol. The first-order valence-corrected chi connectivity index (χ1v) is 9.25. The summed E-state index contributed by atoms with van der Waals surface area (Å²) in [5.41, 5.74) is 1.87. The van der Waals surface area contributed by atoms with Crippen LogP contribution in [0.5, 0.6) is 0 Å². The number of hydrogen-bond donors (Lipinski definition) is 0. The zero-order valence-corrected chi connectivity index (χ0v) is 14.7. The van der Waals surface area contributed by atoms with Crippen LogP contribution < -0.4 is 9.21 Å². The minimum Gasteiger partial charge on any atom is -0.306 e.